The summed E-state index contributed by atoms with van der Waals surface area (Å²) < 4.78 is 0. The zero-order chi connectivity index (χ0) is 17.2. The fourth-order valence-electron chi connectivity index (χ4n) is 3.86. The first-order chi connectivity index (χ1) is 12.2. The highest BCUT2D eigenvalue weighted by molar-refractivity contribution is 5.84. The molecule has 2 N–H and O–H groups in total. The zero-order valence-corrected chi connectivity index (χ0v) is 14.2. The highest BCUT2D eigenvalue weighted by Crippen LogP contribution is 2.32. The molecule has 1 aromatic heterocycles. The first-order valence-corrected chi connectivity index (χ1v) is 8.90. The smallest absolute Gasteiger partial charge is 0.407 e. The maximum atomic E-state index is 11.1. The van der Waals surface area contributed by atoms with E-state index in [0.717, 1.165) is 55.6 Å². The standard InChI is InChI=1S/C18H23N5O2/c24-18(25)23-7-3-13(4-8-23)17-15-2-1-14(11-16(15)20-12-21-17)22-9-5-19-6-10-22/h1-2,11-13,19H,3-10H2,(H,24,25). The van der Waals surface area contributed by atoms with E-state index in [-0.39, 0.29) is 0 Å². The summed E-state index contributed by atoms with van der Waals surface area (Å²) in [6.45, 7) is 5.19. The molecule has 25 heavy (non-hydrogen) atoms. The van der Waals surface area contributed by atoms with E-state index >= 15 is 0 Å². The van der Waals surface area contributed by atoms with E-state index in [0.29, 0.717) is 19.0 Å². The van der Waals surface area contributed by atoms with E-state index in [4.69, 9.17) is 5.11 Å². The van der Waals surface area contributed by atoms with E-state index < -0.39 is 6.09 Å². The molecule has 2 saturated heterocycles. The number of rotatable bonds is 2. The van der Waals surface area contributed by atoms with Crippen molar-refractivity contribution >= 4 is 22.7 Å². The fourth-order valence-corrected chi connectivity index (χ4v) is 3.86. The van der Waals surface area contributed by atoms with Crippen LogP contribution in [0.2, 0.25) is 0 Å². The average molecular weight is 341 g/mol. The van der Waals surface area contributed by atoms with Crippen LogP contribution in [0, 0.1) is 0 Å². The van der Waals surface area contributed by atoms with Crippen LogP contribution in [0.25, 0.3) is 10.9 Å². The second-order valence-corrected chi connectivity index (χ2v) is 6.74. The number of anilines is 1. The number of fused-ring (bicyclic) bond motifs is 1. The van der Waals surface area contributed by atoms with Crippen LogP contribution in [0.15, 0.2) is 24.5 Å². The van der Waals surface area contributed by atoms with Gasteiger partial charge in [-0.25, -0.2) is 14.8 Å². The second kappa shape index (κ2) is 6.84. The van der Waals surface area contributed by atoms with Crippen LogP contribution < -0.4 is 10.2 Å². The lowest BCUT2D eigenvalue weighted by atomic mass is 9.91. The summed E-state index contributed by atoms with van der Waals surface area (Å²) in [5, 5.41) is 13.6. The number of piperidine rings is 1. The average Bonchev–Trinajstić information content (AvgIpc) is 2.68. The van der Waals surface area contributed by atoms with Gasteiger partial charge in [-0.3, -0.25) is 0 Å². The predicted octanol–water partition coefficient (Wildman–Crippen LogP) is 1.90. The minimum absolute atomic E-state index is 0.297. The summed E-state index contributed by atoms with van der Waals surface area (Å²) in [6, 6.07) is 6.44. The first kappa shape index (κ1) is 16.1. The van der Waals surface area contributed by atoms with Gasteiger partial charge in [0, 0.05) is 56.3 Å². The third-order valence-electron chi connectivity index (χ3n) is 5.29. The van der Waals surface area contributed by atoms with Gasteiger partial charge in [0.25, 0.3) is 0 Å². The molecule has 2 aliphatic rings. The molecule has 0 aliphatic carbocycles. The molecular weight excluding hydrogens is 318 g/mol. The van der Waals surface area contributed by atoms with Crippen molar-refractivity contribution in [3.05, 3.63) is 30.2 Å². The van der Waals surface area contributed by atoms with Gasteiger partial charge in [0.2, 0.25) is 0 Å². The largest absolute Gasteiger partial charge is 0.465 e. The number of carboxylic acid groups (broad SMARTS) is 1. The maximum Gasteiger partial charge on any atom is 0.407 e. The van der Waals surface area contributed by atoms with Crippen molar-refractivity contribution in [1.29, 1.82) is 0 Å². The van der Waals surface area contributed by atoms with Crippen LogP contribution in [-0.4, -0.2) is 65.3 Å². The number of hydrogen-bond donors (Lipinski definition) is 2. The third-order valence-corrected chi connectivity index (χ3v) is 5.29. The number of aromatic nitrogens is 2. The van der Waals surface area contributed by atoms with E-state index in [1.807, 2.05) is 0 Å². The molecule has 0 unspecified atom stereocenters. The Balaban J connectivity index is 1.59. The number of hydrogen-bond acceptors (Lipinski definition) is 5. The molecule has 3 heterocycles. The lowest BCUT2D eigenvalue weighted by Gasteiger charge is -2.31. The van der Waals surface area contributed by atoms with Gasteiger partial charge in [-0.05, 0) is 31.0 Å². The molecule has 2 aromatic rings. The molecule has 132 valence electrons. The summed E-state index contributed by atoms with van der Waals surface area (Å²) in [5.41, 5.74) is 3.24. The van der Waals surface area contributed by atoms with Crippen molar-refractivity contribution in [3.63, 3.8) is 0 Å². The Kier molecular flexibility index (Phi) is 4.40. The van der Waals surface area contributed by atoms with E-state index in [1.54, 1.807) is 6.33 Å². The van der Waals surface area contributed by atoms with Crippen LogP contribution in [0.1, 0.15) is 24.5 Å². The van der Waals surface area contributed by atoms with Crippen LogP contribution in [0.4, 0.5) is 10.5 Å². The lowest BCUT2D eigenvalue weighted by Crippen LogP contribution is -2.43. The Morgan fingerprint density at radius 2 is 1.88 bits per heavy atom. The Labute approximate surface area is 146 Å². The van der Waals surface area contributed by atoms with Crippen LogP contribution in [0.5, 0.6) is 0 Å². The van der Waals surface area contributed by atoms with Crippen LogP contribution in [-0.2, 0) is 0 Å². The summed E-state index contributed by atoms with van der Waals surface area (Å²) in [5.74, 6) is 0.297. The summed E-state index contributed by atoms with van der Waals surface area (Å²) >= 11 is 0. The second-order valence-electron chi connectivity index (χ2n) is 6.74. The lowest BCUT2D eigenvalue weighted by molar-refractivity contribution is 0.132. The van der Waals surface area contributed by atoms with Gasteiger partial charge >= 0.3 is 6.09 Å². The number of likely N-dealkylation sites (tertiary alicyclic amines) is 1. The number of benzene rings is 1. The van der Waals surface area contributed by atoms with Gasteiger partial charge in [0.05, 0.1) is 11.2 Å². The SMILES string of the molecule is O=C(O)N1CCC(c2ncnc3cc(N4CCNCC4)ccc23)CC1. The fraction of sp³-hybridized carbons (Fsp3) is 0.500. The molecule has 7 nitrogen and oxygen atoms in total. The number of carbonyl (C=O) groups is 1. The number of nitrogens with one attached hydrogen (secondary N) is 1. The highest BCUT2D eigenvalue weighted by atomic mass is 16.4. The molecular formula is C18H23N5O2. The van der Waals surface area contributed by atoms with Gasteiger partial charge in [0.1, 0.15) is 6.33 Å². The highest BCUT2D eigenvalue weighted by Gasteiger charge is 2.25. The Morgan fingerprint density at radius 3 is 2.60 bits per heavy atom. The number of piperazine rings is 1. The number of nitrogens with zero attached hydrogens (tertiary/aromatic N) is 4. The van der Waals surface area contributed by atoms with Crippen molar-refractivity contribution < 1.29 is 9.90 Å². The zero-order valence-electron chi connectivity index (χ0n) is 14.2. The summed E-state index contributed by atoms with van der Waals surface area (Å²) in [7, 11) is 0. The number of amides is 1. The molecule has 2 aliphatic heterocycles. The van der Waals surface area contributed by atoms with Crippen LogP contribution >= 0.6 is 0 Å². The Hall–Kier alpha value is -2.41. The van der Waals surface area contributed by atoms with Gasteiger partial charge in [-0.15, -0.1) is 0 Å². The summed E-state index contributed by atoms with van der Waals surface area (Å²) in [6.07, 6.45) is 2.45. The molecule has 4 rings (SSSR count). The van der Waals surface area contributed by atoms with E-state index in [2.05, 4.69) is 38.4 Å². The molecule has 0 saturated carbocycles. The van der Waals surface area contributed by atoms with Gasteiger partial charge < -0.3 is 20.2 Å². The maximum absolute atomic E-state index is 11.1. The molecule has 7 heteroatoms. The molecule has 1 amide bonds. The topological polar surface area (TPSA) is 81.6 Å². The quantitative estimate of drug-likeness (QED) is 0.868. The molecule has 0 bridgehead atoms. The monoisotopic (exact) mass is 341 g/mol. The molecule has 0 radical (unpaired) electrons. The minimum Gasteiger partial charge on any atom is -0.465 e. The van der Waals surface area contributed by atoms with Crippen LogP contribution in [0.3, 0.4) is 0 Å². The van der Waals surface area contributed by atoms with Crippen molar-refractivity contribution in [2.75, 3.05) is 44.2 Å². The molecule has 2 fully saturated rings. The molecule has 1 aromatic carbocycles. The van der Waals surface area contributed by atoms with Crippen molar-refractivity contribution in [1.82, 2.24) is 20.2 Å². The van der Waals surface area contributed by atoms with E-state index in [9.17, 15) is 4.79 Å². The van der Waals surface area contributed by atoms with Crippen molar-refractivity contribution in [3.8, 4) is 0 Å². The van der Waals surface area contributed by atoms with Gasteiger partial charge in [-0.1, -0.05) is 0 Å². The third kappa shape index (κ3) is 3.24. The predicted molar refractivity (Wildman–Crippen MR) is 96.2 cm³/mol. The normalized spacial score (nSPS) is 19.4. The van der Waals surface area contributed by atoms with Gasteiger partial charge in [-0.2, -0.15) is 0 Å². The van der Waals surface area contributed by atoms with Crippen molar-refractivity contribution in [2.45, 2.75) is 18.8 Å². The summed E-state index contributed by atoms with van der Waals surface area (Å²) in [4.78, 5) is 24.0. The molecule has 0 spiro atoms. The Bertz CT molecular complexity index is 767. The minimum atomic E-state index is -0.827. The van der Waals surface area contributed by atoms with E-state index in [1.165, 1.54) is 10.6 Å². The first-order valence-electron chi connectivity index (χ1n) is 8.90. The Morgan fingerprint density at radius 1 is 1.12 bits per heavy atom. The molecule has 0 atom stereocenters. The van der Waals surface area contributed by atoms with Gasteiger partial charge in [0.15, 0.2) is 0 Å². The van der Waals surface area contributed by atoms with Crippen molar-refractivity contribution in [2.24, 2.45) is 0 Å².